The fraction of sp³-hybridized carbons (Fsp3) is 0.421. The molecule has 1 aliphatic rings. The first kappa shape index (κ1) is 18.1. The van der Waals surface area contributed by atoms with Crippen LogP contribution >= 0.6 is 0 Å². The van der Waals surface area contributed by atoms with Crippen LogP contribution in [0, 0.1) is 5.82 Å². The summed E-state index contributed by atoms with van der Waals surface area (Å²) in [7, 11) is 1.53. The quantitative estimate of drug-likeness (QED) is 0.858. The Kier molecular flexibility index (Phi) is 5.99. The summed E-state index contributed by atoms with van der Waals surface area (Å²) in [6.45, 7) is 0. The van der Waals surface area contributed by atoms with Crippen LogP contribution in [0.1, 0.15) is 31.2 Å². The summed E-state index contributed by atoms with van der Waals surface area (Å²) in [6.07, 6.45) is 6.38. The summed E-state index contributed by atoms with van der Waals surface area (Å²) in [6, 6.07) is 6.43. The molecule has 0 radical (unpaired) electrons. The molecule has 1 amide bonds. The summed E-state index contributed by atoms with van der Waals surface area (Å²) in [5.74, 6) is 0.252. The van der Waals surface area contributed by atoms with Crippen molar-refractivity contribution in [3.8, 4) is 11.8 Å². The normalized spacial score (nSPS) is 19.6. The molecule has 1 aromatic heterocycles. The van der Waals surface area contributed by atoms with Crippen LogP contribution in [-0.2, 0) is 11.2 Å². The minimum atomic E-state index is -0.349. The van der Waals surface area contributed by atoms with Gasteiger partial charge in [-0.1, -0.05) is 18.2 Å². The second-order valence-corrected chi connectivity index (χ2v) is 6.30. The van der Waals surface area contributed by atoms with Crippen LogP contribution in [0.3, 0.4) is 0 Å². The molecule has 1 aliphatic carbocycles. The van der Waals surface area contributed by atoms with Gasteiger partial charge in [-0.05, 0) is 37.3 Å². The molecule has 2 aromatic rings. The van der Waals surface area contributed by atoms with Gasteiger partial charge in [0.25, 0.3) is 11.8 Å². The van der Waals surface area contributed by atoms with Crippen LogP contribution in [0.15, 0.2) is 36.7 Å². The third kappa shape index (κ3) is 4.68. The van der Waals surface area contributed by atoms with Crippen molar-refractivity contribution in [3.63, 3.8) is 0 Å². The standard InChI is InChI=1S/C19H22FN3O3/c1-25-18-19(22-11-10-21-18)26-15-8-6-14(7-9-15)23-17(24)12-13-4-2-3-5-16(13)20/h2-5,10-11,14-15H,6-9,12H2,1H3,(H,23,24). The van der Waals surface area contributed by atoms with Gasteiger partial charge in [-0.15, -0.1) is 0 Å². The molecule has 1 heterocycles. The number of methoxy groups -OCH3 is 1. The maximum absolute atomic E-state index is 13.6. The highest BCUT2D eigenvalue weighted by Crippen LogP contribution is 2.27. The highest BCUT2D eigenvalue weighted by Gasteiger charge is 2.25. The second-order valence-electron chi connectivity index (χ2n) is 6.30. The lowest BCUT2D eigenvalue weighted by molar-refractivity contribution is -0.121. The van der Waals surface area contributed by atoms with Crippen molar-refractivity contribution in [2.45, 2.75) is 44.2 Å². The second kappa shape index (κ2) is 8.60. The summed E-state index contributed by atoms with van der Waals surface area (Å²) in [5, 5.41) is 2.99. The van der Waals surface area contributed by atoms with Crippen LogP contribution in [0.25, 0.3) is 0 Å². The molecule has 138 valence electrons. The fourth-order valence-electron chi connectivity index (χ4n) is 3.11. The maximum Gasteiger partial charge on any atom is 0.278 e. The molecule has 6 nitrogen and oxygen atoms in total. The molecule has 0 atom stereocenters. The minimum absolute atomic E-state index is 0.0142. The van der Waals surface area contributed by atoms with E-state index in [-0.39, 0.29) is 30.3 Å². The number of rotatable bonds is 6. The number of benzene rings is 1. The van der Waals surface area contributed by atoms with Crippen molar-refractivity contribution in [1.29, 1.82) is 0 Å². The zero-order chi connectivity index (χ0) is 18.4. The number of nitrogens with zero attached hydrogens (tertiary/aromatic N) is 2. The zero-order valence-corrected chi connectivity index (χ0v) is 14.7. The van der Waals surface area contributed by atoms with Crippen molar-refractivity contribution >= 4 is 5.91 Å². The molecule has 26 heavy (non-hydrogen) atoms. The summed E-state index contributed by atoms with van der Waals surface area (Å²) in [5.41, 5.74) is 0.414. The number of carbonyl (C=O) groups is 1. The van der Waals surface area contributed by atoms with Gasteiger partial charge in [-0.2, -0.15) is 0 Å². The first-order valence-electron chi connectivity index (χ1n) is 8.70. The van der Waals surface area contributed by atoms with E-state index < -0.39 is 0 Å². The Labute approximate surface area is 151 Å². The van der Waals surface area contributed by atoms with E-state index in [9.17, 15) is 9.18 Å². The van der Waals surface area contributed by atoms with Gasteiger partial charge in [0.1, 0.15) is 11.9 Å². The van der Waals surface area contributed by atoms with E-state index >= 15 is 0 Å². The number of hydrogen-bond donors (Lipinski definition) is 1. The SMILES string of the molecule is COc1nccnc1OC1CCC(NC(=O)Cc2ccccc2F)CC1. The lowest BCUT2D eigenvalue weighted by Crippen LogP contribution is -2.40. The van der Waals surface area contributed by atoms with Gasteiger partial charge in [-0.3, -0.25) is 4.79 Å². The molecule has 1 N–H and O–H groups in total. The van der Waals surface area contributed by atoms with Crippen molar-refractivity contribution < 1.29 is 18.7 Å². The molecule has 0 spiro atoms. The number of nitrogens with one attached hydrogen (secondary N) is 1. The maximum atomic E-state index is 13.6. The molecule has 7 heteroatoms. The van der Waals surface area contributed by atoms with Gasteiger partial charge in [0, 0.05) is 18.4 Å². The zero-order valence-electron chi connectivity index (χ0n) is 14.7. The lowest BCUT2D eigenvalue weighted by atomic mass is 9.92. The number of halogens is 1. The Morgan fingerprint density at radius 2 is 1.85 bits per heavy atom. The molecule has 1 saturated carbocycles. The summed E-state index contributed by atoms with van der Waals surface area (Å²) < 4.78 is 24.7. The minimum Gasteiger partial charge on any atom is -0.477 e. The average molecular weight is 359 g/mol. The Hall–Kier alpha value is -2.70. The molecule has 1 fully saturated rings. The first-order chi connectivity index (χ1) is 12.7. The smallest absolute Gasteiger partial charge is 0.278 e. The number of aromatic nitrogens is 2. The Balaban J connectivity index is 1.46. The number of amides is 1. The third-order valence-electron chi connectivity index (χ3n) is 4.45. The highest BCUT2D eigenvalue weighted by atomic mass is 19.1. The average Bonchev–Trinajstić information content (AvgIpc) is 2.66. The first-order valence-corrected chi connectivity index (χ1v) is 8.70. The predicted octanol–water partition coefficient (Wildman–Crippen LogP) is 2.67. The van der Waals surface area contributed by atoms with Crippen LogP contribution < -0.4 is 14.8 Å². The van der Waals surface area contributed by atoms with E-state index in [1.54, 1.807) is 30.6 Å². The fourth-order valence-corrected chi connectivity index (χ4v) is 3.11. The van der Waals surface area contributed by atoms with Crippen molar-refractivity contribution in [2.24, 2.45) is 0 Å². The van der Waals surface area contributed by atoms with Crippen LogP contribution in [0.5, 0.6) is 11.8 Å². The van der Waals surface area contributed by atoms with Gasteiger partial charge in [0.15, 0.2) is 0 Å². The van der Waals surface area contributed by atoms with E-state index in [2.05, 4.69) is 15.3 Å². The Morgan fingerprint density at radius 3 is 2.54 bits per heavy atom. The van der Waals surface area contributed by atoms with Crippen LogP contribution in [0.2, 0.25) is 0 Å². The number of ether oxygens (including phenoxy) is 2. The van der Waals surface area contributed by atoms with E-state index in [4.69, 9.17) is 9.47 Å². The highest BCUT2D eigenvalue weighted by molar-refractivity contribution is 5.78. The topological polar surface area (TPSA) is 73.3 Å². The van der Waals surface area contributed by atoms with E-state index in [0.29, 0.717) is 17.3 Å². The Morgan fingerprint density at radius 1 is 1.15 bits per heavy atom. The van der Waals surface area contributed by atoms with Crippen molar-refractivity contribution in [1.82, 2.24) is 15.3 Å². The molecule has 0 aliphatic heterocycles. The third-order valence-corrected chi connectivity index (χ3v) is 4.45. The van der Waals surface area contributed by atoms with Gasteiger partial charge < -0.3 is 14.8 Å². The monoisotopic (exact) mass is 359 g/mol. The molecular weight excluding hydrogens is 337 g/mol. The molecule has 0 saturated heterocycles. The molecular formula is C19H22FN3O3. The predicted molar refractivity (Wildman–Crippen MR) is 93.5 cm³/mol. The molecule has 0 unspecified atom stereocenters. The van der Waals surface area contributed by atoms with Crippen molar-refractivity contribution in [3.05, 3.63) is 48.0 Å². The Bertz CT molecular complexity index is 748. The van der Waals surface area contributed by atoms with Gasteiger partial charge in [0.05, 0.1) is 13.5 Å². The number of carbonyl (C=O) groups excluding carboxylic acids is 1. The number of hydrogen-bond acceptors (Lipinski definition) is 5. The molecule has 0 bridgehead atoms. The van der Waals surface area contributed by atoms with Crippen molar-refractivity contribution in [2.75, 3.05) is 7.11 Å². The van der Waals surface area contributed by atoms with Crippen LogP contribution in [0.4, 0.5) is 4.39 Å². The van der Waals surface area contributed by atoms with Gasteiger partial charge >= 0.3 is 0 Å². The van der Waals surface area contributed by atoms with E-state index in [0.717, 1.165) is 25.7 Å². The van der Waals surface area contributed by atoms with E-state index in [1.807, 2.05) is 0 Å². The lowest BCUT2D eigenvalue weighted by Gasteiger charge is -2.29. The van der Waals surface area contributed by atoms with Crippen LogP contribution in [-0.4, -0.2) is 35.1 Å². The van der Waals surface area contributed by atoms with E-state index in [1.165, 1.54) is 13.2 Å². The molecule has 3 rings (SSSR count). The molecule has 1 aromatic carbocycles. The van der Waals surface area contributed by atoms with Gasteiger partial charge in [-0.25, -0.2) is 14.4 Å². The summed E-state index contributed by atoms with van der Waals surface area (Å²) >= 11 is 0. The largest absolute Gasteiger partial charge is 0.477 e. The summed E-state index contributed by atoms with van der Waals surface area (Å²) in [4.78, 5) is 20.4. The van der Waals surface area contributed by atoms with Gasteiger partial charge in [0.2, 0.25) is 5.91 Å².